The number of aryl methyl sites for hydroxylation is 1. The Hall–Kier alpha value is -2.25. The van der Waals surface area contributed by atoms with Crippen LogP contribution in [-0.2, 0) is 13.0 Å². The van der Waals surface area contributed by atoms with Crippen molar-refractivity contribution in [3.63, 3.8) is 0 Å². The first-order valence-corrected chi connectivity index (χ1v) is 11.0. The molecule has 4 nitrogen and oxygen atoms in total. The summed E-state index contributed by atoms with van der Waals surface area (Å²) in [5.74, 6) is 0.0740. The first-order valence-electron chi connectivity index (χ1n) is 9.39. The molecular weight excluding hydrogens is 455 g/mol. The van der Waals surface area contributed by atoms with E-state index < -0.39 is 0 Å². The lowest BCUT2D eigenvalue weighted by Crippen LogP contribution is -2.17. The summed E-state index contributed by atoms with van der Waals surface area (Å²) in [6.45, 7) is 4.79. The van der Waals surface area contributed by atoms with E-state index in [0.29, 0.717) is 27.1 Å². The molecule has 0 radical (unpaired) electrons. The monoisotopic (exact) mass is 476 g/mol. The highest BCUT2D eigenvalue weighted by Gasteiger charge is 2.16. The second-order valence-electron chi connectivity index (χ2n) is 6.42. The average Bonchev–Trinajstić information content (AvgIpc) is 3.05. The quantitative estimate of drug-likeness (QED) is 0.448. The third-order valence-electron chi connectivity index (χ3n) is 4.49. The number of rotatable bonds is 6. The number of benzene rings is 2. The van der Waals surface area contributed by atoms with Crippen molar-refractivity contribution in [2.75, 3.05) is 7.11 Å². The molecular formula is C22H22BrFN2O2S. The van der Waals surface area contributed by atoms with Gasteiger partial charge in [-0.15, -0.1) is 11.3 Å². The van der Waals surface area contributed by atoms with Crippen LogP contribution < -0.4 is 9.54 Å². The highest BCUT2D eigenvalue weighted by Crippen LogP contribution is 2.28. The number of hydrogen-bond acceptors (Lipinski definition) is 3. The molecule has 0 N–H and O–H groups in total. The largest absolute Gasteiger partial charge is 0.496 e. The summed E-state index contributed by atoms with van der Waals surface area (Å²) >= 11 is 4.92. The highest BCUT2D eigenvalue weighted by atomic mass is 79.9. The molecule has 0 aliphatic carbocycles. The van der Waals surface area contributed by atoms with Crippen LogP contribution in [0.5, 0.6) is 5.75 Å². The number of carbonyl (C=O) groups excluding carboxylic acids is 1. The second-order valence-corrected chi connectivity index (χ2v) is 8.34. The van der Waals surface area contributed by atoms with Crippen molar-refractivity contribution in [2.24, 2.45) is 4.99 Å². The van der Waals surface area contributed by atoms with Gasteiger partial charge in [0.25, 0.3) is 5.91 Å². The first kappa shape index (κ1) is 21.5. The van der Waals surface area contributed by atoms with Crippen LogP contribution in [0.3, 0.4) is 0 Å². The number of carbonyl (C=O) groups is 1. The Morgan fingerprint density at radius 3 is 2.52 bits per heavy atom. The molecule has 152 valence electrons. The number of methoxy groups -OCH3 is 1. The second kappa shape index (κ2) is 9.50. The van der Waals surface area contributed by atoms with E-state index in [4.69, 9.17) is 4.74 Å². The third kappa shape index (κ3) is 4.67. The zero-order valence-corrected chi connectivity index (χ0v) is 18.9. The van der Waals surface area contributed by atoms with E-state index in [1.54, 1.807) is 37.4 Å². The van der Waals surface area contributed by atoms with E-state index in [1.807, 2.05) is 11.5 Å². The zero-order valence-electron chi connectivity index (χ0n) is 16.5. The molecule has 29 heavy (non-hydrogen) atoms. The van der Waals surface area contributed by atoms with Crippen molar-refractivity contribution >= 4 is 33.2 Å². The molecule has 0 atom stereocenters. The predicted molar refractivity (Wildman–Crippen MR) is 118 cm³/mol. The SMILES string of the molecule is CCCc1sc(=NC(=O)c2ccc(OC)c(Br)c2)n(CC)c1-c1ccc(F)cc1. The Morgan fingerprint density at radius 1 is 1.21 bits per heavy atom. The molecule has 0 saturated heterocycles. The van der Waals surface area contributed by atoms with Gasteiger partial charge in [-0.05, 0) is 77.3 Å². The van der Waals surface area contributed by atoms with Gasteiger partial charge in [0.2, 0.25) is 0 Å². The molecule has 3 rings (SSSR count). The summed E-state index contributed by atoms with van der Waals surface area (Å²) in [6.07, 6.45) is 1.84. The summed E-state index contributed by atoms with van der Waals surface area (Å²) in [7, 11) is 1.58. The van der Waals surface area contributed by atoms with Crippen LogP contribution in [0.1, 0.15) is 35.5 Å². The summed E-state index contributed by atoms with van der Waals surface area (Å²) in [5, 5.41) is 0. The Kier molecular flexibility index (Phi) is 7.03. The van der Waals surface area contributed by atoms with Gasteiger partial charge in [-0.3, -0.25) is 4.79 Å². The number of amides is 1. The lowest BCUT2D eigenvalue weighted by Gasteiger charge is -2.09. The summed E-state index contributed by atoms with van der Waals surface area (Å²) in [4.78, 5) is 19.0. The molecule has 0 aliphatic rings. The molecule has 1 aromatic heterocycles. The van der Waals surface area contributed by atoms with Gasteiger partial charge in [-0.2, -0.15) is 4.99 Å². The standard InChI is InChI=1S/C22H22BrFN2O2S/c1-4-6-19-20(14-7-10-16(24)11-8-14)26(5-2)22(29-19)25-21(27)15-9-12-18(28-3)17(23)13-15/h7-13H,4-6H2,1-3H3. The van der Waals surface area contributed by atoms with Crippen LogP contribution in [0.15, 0.2) is 51.9 Å². The molecule has 7 heteroatoms. The minimum Gasteiger partial charge on any atom is -0.496 e. The van der Waals surface area contributed by atoms with E-state index in [9.17, 15) is 9.18 Å². The lowest BCUT2D eigenvalue weighted by atomic mass is 10.1. The summed E-state index contributed by atoms with van der Waals surface area (Å²) in [5.41, 5.74) is 2.41. The number of thiazole rings is 1. The van der Waals surface area contributed by atoms with Gasteiger partial charge >= 0.3 is 0 Å². The number of nitrogens with zero attached hydrogens (tertiary/aromatic N) is 2. The number of aromatic nitrogens is 1. The van der Waals surface area contributed by atoms with E-state index in [0.717, 1.165) is 29.0 Å². The van der Waals surface area contributed by atoms with Gasteiger partial charge in [-0.1, -0.05) is 13.3 Å². The predicted octanol–water partition coefficient (Wildman–Crippen LogP) is 5.84. The molecule has 2 aromatic carbocycles. The molecule has 0 aliphatic heterocycles. The van der Waals surface area contributed by atoms with Gasteiger partial charge < -0.3 is 9.30 Å². The first-order chi connectivity index (χ1) is 14.0. The van der Waals surface area contributed by atoms with Gasteiger partial charge in [0.15, 0.2) is 4.80 Å². The fourth-order valence-electron chi connectivity index (χ4n) is 3.11. The van der Waals surface area contributed by atoms with Crippen molar-refractivity contribution < 1.29 is 13.9 Å². The van der Waals surface area contributed by atoms with Crippen molar-refractivity contribution in [1.29, 1.82) is 0 Å². The normalized spacial score (nSPS) is 11.7. The van der Waals surface area contributed by atoms with Crippen LogP contribution in [0.25, 0.3) is 11.3 Å². The van der Waals surface area contributed by atoms with Crippen LogP contribution in [-0.4, -0.2) is 17.6 Å². The number of ether oxygens (including phenoxy) is 1. The van der Waals surface area contributed by atoms with Crippen molar-refractivity contribution in [3.8, 4) is 17.0 Å². The van der Waals surface area contributed by atoms with E-state index in [1.165, 1.54) is 23.5 Å². The molecule has 1 heterocycles. The number of halogens is 2. The lowest BCUT2D eigenvalue weighted by molar-refractivity contribution is 0.0997. The molecule has 3 aromatic rings. The average molecular weight is 477 g/mol. The van der Waals surface area contributed by atoms with Crippen molar-refractivity contribution in [2.45, 2.75) is 33.2 Å². The zero-order chi connectivity index (χ0) is 21.0. The third-order valence-corrected chi connectivity index (χ3v) is 6.24. The van der Waals surface area contributed by atoms with Crippen LogP contribution >= 0.6 is 27.3 Å². The van der Waals surface area contributed by atoms with Crippen LogP contribution in [0, 0.1) is 5.82 Å². The van der Waals surface area contributed by atoms with Crippen molar-refractivity contribution in [1.82, 2.24) is 4.57 Å². The maximum Gasteiger partial charge on any atom is 0.279 e. The van der Waals surface area contributed by atoms with Crippen LogP contribution in [0.4, 0.5) is 4.39 Å². The van der Waals surface area contributed by atoms with Gasteiger partial charge in [0.1, 0.15) is 11.6 Å². The summed E-state index contributed by atoms with van der Waals surface area (Å²) < 4.78 is 21.4. The van der Waals surface area contributed by atoms with E-state index in [2.05, 4.69) is 27.8 Å². The maximum absolute atomic E-state index is 13.4. The highest BCUT2D eigenvalue weighted by molar-refractivity contribution is 9.10. The van der Waals surface area contributed by atoms with Gasteiger partial charge in [-0.25, -0.2) is 4.39 Å². The minimum absolute atomic E-state index is 0.269. The minimum atomic E-state index is -0.314. The van der Waals surface area contributed by atoms with Crippen molar-refractivity contribution in [3.05, 3.63) is 68.0 Å². The smallest absolute Gasteiger partial charge is 0.279 e. The molecule has 0 bridgehead atoms. The molecule has 0 saturated carbocycles. The molecule has 0 unspecified atom stereocenters. The van der Waals surface area contributed by atoms with Gasteiger partial charge in [0.05, 0.1) is 17.3 Å². The maximum atomic E-state index is 13.4. The number of hydrogen-bond donors (Lipinski definition) is 0. The van der Waals surface area contributed by atoms with E-state index >= 15 is 0 Å². The Labute approximate surface area is 181 Å². The molecule has 1 amide bonds. The Morgan fingerprint density at radius 2 is 1.93 bits per heavy atom. The fourth-order valence-corrected chi connectivity index (χ4v) is 4.96. The topological polar surface area (TPSA) is 43.6 Å². The van der Waals surface area contributed by atoms with Gasteiger partial charge in [0, 0.05) is 17.0 Å². The summed E-state index contributed by atoms with van der Waals surface area (Å²) in [6, 6.07) is 11.6. The van der Waals surface area contributed by atoms with E-state index in [-0.39, 0.29) is 11.7 Å². The van der Waals surface area contributed by atoms with Crippen LogP contribution in [0.2, 0.25) is 0 Å². The fraction of sp³-hybridized carbons (Fsp3) is 0.273. The Bertz CT molecular complexity index is 1090. The molecule has 0 fully saturated rings. The molecule has 0 spiro atoms. The Balaban J connectivity index is 2.11.